The molecule has 4 aromatic rings. The highest BCUT2D eigenvalue weighted by molar-refractivity contribution is 6.00. The van der Waals surface area contributed by atoms with E-state index in [0.29, 0.717) is 12.3 Å². The zero-order valence-electron chi connectivity index (χ0n) is 22.9. The van der Waals surface area contributed by atoms with E-state index in [1.807, 2.05) is 31.3 Å². The van der Waals surface area contributed by atoms with Crippen LogP contribution in [0.1, 0.15) is 35.9 Å². The number of morpholine rings is 1. The lowest BCUT2D eigenvalue weighted by atomic mass is 9.97. The molecule has 2 aromatic carbocycles. The number of pyridine rings is 1. The second-order valence-electron chi connectivity index (χ2n) is 10.1. The van der Waals surface area contributed by atoms with Gasteiger partial charge in [0.05, 0.1) is 36.6 Å². The summed E-state index contributed by atoms with van der Waals surface area (Å²) in [6.07, 6.45) is 0. The average molecular weight is 530 g/mol. The molecule has 1 fully saturated rings. The van der Waals surface area contributed by atoms with E-state index in [1.54, 1.807) is 17.9 Å². The van der Waals surface area contributed by atoms with Crippen LogP contribution in [0.25, 0.3) is 27.8 Å². The number of aromatic carboxylic acids is 1. The van der Waals surface area contributed by atoms with Gasteiger partial charge in [0.25, 0.3) is 0 Å². The Labute approximate surface area is 228 Å². The van der Waals surface area contributed by atoms with Crippen LogP contribution in [0.15, 0.2) is 54.6 Å². The van der Waals surface area contributed by atoms with E-state index in [4.69, 9.17) is 14.6 Å². The van der Waals surface area contributed by atoms with E-state index in [2.05, 4.69) is 52.9 Å². The first-order valence-corrected chi connectivity index (χ1v) is 13.3. The van der Waals surface area contributed by atoms with Crippen molar-refractivity contribution in [2.45, 2.75) is 19.8 Å². The number of rotatable bonds is 9. The van der Waals surface area contributed by atoms with Gasteiger partial charge in [0.15, 0.2) is 11.3 Å². The van der Waals surface area contributed by atoms with Gasteiger partial charge in [0.2, 0.25) is 0 Å². The minimum Gasteiger partial charge on any atom is -0.477 e. The van der Waals surface area contributed by atoms with Crippen molar-refractivity contribution in [3.05, 3.63) is 66.0 Å². The van der Waals surface area contributed by atoms with Crippen LogP contribution in [-0.4, -0.2) is 79.5 Å². The maximum absolute atomic E-state index is 12.2. The Balaban J connectivity index is 1.65. The summed E-state index contributed by atoms with van der Waals surface area (Å²) in [4.78, 5) is 21.2. The zero-order valence-corrected chi connectivity index (χ0v) is 22.9. The Morgan fingerprint density at radius 2 is 1.85 bits per heavy atom. The SMILES string of the molecule is COCCN(C)c1cccc(-n2nc(C(C)C)c3c(-c4ccc(N5CCOCC5)cc4)cc(C(=O)O)nc32)c1. The Morgan fingerprint density at radius 3 is 2.51 bits per heavy atom. The number of methoxy groups -OCH3 is 1. The molecule has 2 aromatic heterocycles. The second kappa shape index (κ2) is 11.4. The Bertz CT molecular complexity index is 1460. The number of hydrogen-bond acceptors (Lipinski definition) is 7. The highest BCUT2D eigenvalue weighted by Gasteiger charge is 2.23. The largest absolute Gasteiger partial charge is 0.477 e. The van der Waals surface area contributed by atoms with Gasteiger partial charge in [-0.3, -0.25) is 0 Å². The molecule has 1 saturated heterocycles. The van der Waals surface area contributed by atoms with E-state index < -0.39 is 5.97 Å². The van der Waals surface area contributed by atoms with Gasteiger partial charge < -0.3 is 24.4 Å². The van der Waals surface area contributed by atoms with Crippen molar-refractivity contribution < 1.29 is 19.4 Å². The second-order valence-corrected chi connectivity index (χ2v) is 10.1. The van der Waals surface area contributed by atoms with Crippen LogP contribution in [0.4, 0.5) is 11.4 Å². The standard InChI is InChI=1S/C30H35N5O4/c1-20(2)28-27-25(21-8-10-22(11-9-21)34-13-16-39-17-14-34)19-26(30(36)37)31-29(27)35(32-28)24-7-5-6-23(18-24)33(3)12-15-38-4/h5-11,18-20H,12-17H2,1-4H3,(H,36,37). The Hall–Kier alpha value is -3.95. The molecular weight excluding hydrogens is 494 g/mol. The van der Waals surface area contributed by atoms with E-state index in [0.717, 1.165) is 72.1 Å². The number of carboxylic acids is 1. The summed E-state index contributed by atoms with van der Waals surface area (Å²) >= 11 is 0. The van der Waals surface area contributed by atoms with Gasteiger partial charge in [0.1, 0.15) is 0 Å². The van der Waals surface area contributed by atoms with Crippen molar-refractivity contribution >= 4 is 28.4 Å². The quantitative estimate of drug-likeness (QED) is 0.330. The molecule has 1 N–H and O–H groups in total. The van der Waals surface area contributed by atoms with E-state index in [1.165, 1.54) is 0 Å². The van der Waals surface area contributed by atoms with Crippen molar-refractivity contribution in [1.82, 2.24) is 14.8 Å². The summed E-state index contributed by atoms with van der Waals surface area (Å²) in [6, 6.07) is 18.0. The molecule has 1 aliphatic rings. The number of carboxylic acid groups (broad SMARTS) is 1. The summed E-state index contributed by atoms with van der Waals surface area (Å²) in [5.74, 6) is -0.972. The Kier molecular flexibility index (Phi) is 7.81. The van der Waals surface area contributed by atoms with Gasteiger partial charge in [-0.2, -0.15) is 5.10 Å². The maximum atomic E-state index is 12.2. The van der Waals surface area contributed by atoms with E-state index in [9.17, 15) is 9.90 Å². The summed E-state index contributed by atoms with van der Waals surface area (Å²) in [7, 11) is 3.70. The number of ether oxygens (including phenoxy) is 2. The molecule has 0 unspecified atom stereocenters. The highest BCUT2D eigenvalue weighted by Crippen LogP contribution is 2.36. The fourth-order valence-corrected chi connectivity index (χ4v) is 4.96. The van der Waals surface area contributed by atoms with E-state index >= 15 is 0 Å². The fraction of sp³-hybridized carbons (Fsp3) is 0.367. The molecule has 39 heavy (non-hydrogen) atoms. The van der Waals surface area contributed by atoms with Crippen molar-refractivity contribution in [1.29, 1.82) is 0 Å². The van der Waals surface area contributed by atoms with Crippen molar-refractivity contribution in [2.24, 2.45) is 0 Å². The van der Waals surface area contributed by atoms with Gasteiger partial charge in [-0.05, 0) is 53.4 Å². The van der Waals surface area contributed by atoms with Crippen molar-refractivity contribution in [3.8, 4) is 16.8 Å². The van der Waals surface area contributed by atoms with Gasteiger partial charge in [-0.1, -0.05) is 32.0 Å². The summed E-state index contributed by atoms with van der Waals surface area (Å²) < 4.78 is 12.5. The molecule has 0 amide bonds. The fourth-order valence-electron chi connectivity index (χ4n) is 4.96. The molecule has 0 saturated carbocycles. The van der Waals surface area contributed by atoms with Gasteiger partial charge >= 0.3 is 5.97 Å². The van der Waals surface area contributed by atoms with E-state index in [-0.39, 0.29) is 11.6 Å². The first-order chi connectivity index (χ1) is 18.9. The average Bonchev–Trinajstić information content (AvgIpc) is 3.36. The first kappa shape index (κ1) is 26.6. The smallest absolute Gasteiger partial charge is 0.354 e. The number of nitrogens with zero attached hydrogens (tertiary/aromatic N) is 5. The number of hydrogen-bond donors (Lipinski definition) is 1. The zero-order chi connectivity index (χ0) is 27.5. The number of anilines is 2. The third-order valence-corrected chi connectivity index (χ3v) is 7.13. The van der Waals surface area contributed by atoms with Crippen LogP contribution in [0.5, 0.6) is 0 Å². The summed E-state index contributed by atoms with van der Waals surface area (Å²) in [5.41, 5.74) is 6.08. The minimum absolute atomic E-state index is 0.0143. The number of benzene rings is 2. The van der Waals surface area contributed by atoms with Crippen LogP contribution >= 0.6 is 0 Å². The molecule has 204 valence electrons. The molecule has 1 aliphatic heterocycles. The third-order valence-electron chi connectivity index (χ3n) is 7.13. The predicted octanol–water partition coefficient (Wildman–Crippen LogP) is 4.83. The Morgan fingerprint density at radius 1 is 1.10 bits per heavy atom. The monoisotopic (exact) mass is 529 g/mol. The van der Waals surface area contributed by atoms with Gasteiger partial charge in [-0.15, -0.1) is 0 Å². The predicted molar refractivity (Wildman–Crippen MR) is 154 cm³/mol. The van der Waals surface area contributed by atoms with Crippen LogP contribution in [0, 0.1) is 0 Å². The van der Waals surface area contributed by atoms with Crippen LogP contribution in [-0.2, 0) is 9.47 Å². The molecule has 0 bridgehead atoms. The normalized spacial score (nSPS) is 13.8. The minimum atomic E-state index is -1.07. The molecule has 0 radical (unpaired) electrons. The number of aromatic nitrogens is 3. The molecule has 9 nitrogen and oxygen atoms in total. The first-order valence-electron chi connectivity index (χ1n) is 13.3. The summed E-state index contributed by atoms with van der Waals surface area (Å²) in [5, 5.41) is 15.8. The van der Waals surface area contributed by atoms with Gasteiger partial charge in [-0.25, -0.2) is 14.5 Å². The van der Waals surface area contributed by atoms with Crippen molar-refractivity contribution in [2.75, 3.05) is 63.4 Å². The van der Waals surface area contributed by atoms with Crippen LogP contribution in [0.2, 0.25) is 0 Å². The molecule has 0 atom stereocenters. The van der Waals surface area contributed by atoms with Gasteiger partial charge in [0, 0.05) is 45.2 Å². The lowest BCUT2D eigenvalue weighted by molar-refractivity contribution is 0.0691. The lowest BCUT2D eigenvalue weighted by Crippen LogP contribution is -2.36. The number of carbonyl (C=O) groups is 1. The highest BCUT2D eigenvalue weighted by atomic mass is 16.5. The van der Waals surface area contributed by atoms with Crippen molar-refractivity contribution in [3.63, 3.8) is 0 Å². The molecule has 3 heterocycles. The molecule has 9 heteroatoms. The molecule has 5 rings (SSSR count). The van der Waals surface area contributed by atoms with Crippen LogP contribution < -0.4 is 9.80 Å². The number of fused-ring (bicyclic) bond motifs is 1. The lowest BCUT2D eigenvalue weighted by Gasteiger charge is -2.29. The number of likely N-dealkylation sites (N-methyl/N-ethyl adjacent to an activating group) is 1. The molecular formula is C30H35N5O4. The topological polar surface area (TPSA) is 93.0 Å². The molecule has 0 spiro atoms. The molecule has 0 aliphatic carbocycles. The third kappa shape index (κ3) is 5.46. The summed E-state index contributed by atoms with van der Waals surface area (Å²) in [6.45, 7) is 8.68. The van der Waals surface area contributed by atoms with Crippen LogP contribution in [0.3, 0.4) is 0 Å². The maximum Gasteiger partial charge on any atom is 0.354 e.